The molecule has 0 heterocycles. The summed E-state index contributed by atoms with van der Waals surface area (Å²) in [5, 5.41) is 29.7. The van der Waals surface area contributed by atoms with Gasteiger partial charge in [-0.2, -0.15) is 0 Å². The van der Waals surface area contributed by atoms with Crippen molar-refractivity contribution in [2.45, 2.75) is 0 Å². The van der Waals surface area contributed by atoms with Crippen molar-refractivity contribution in [3.05, 3.63) is 32.4 Å². The van der Waals surface area contributed by atoms with Gasteiger partial charge in [-0.05, 0) is 22.0 Å². The van der Waals surface area contributed by atoms with Crippen molar-refractivity contribution in [2.24, 2.45) is 0 Å². The molecule has 7 nitrogen and oxygen atoms in total. The molecule has 0 unspecified atom stereocenters. The van der Waals surface area contributed by atoms with Crippen LogP contribution >= 0.6 is 15.9 Å². The molecule has 0 radical (unpaired) electrons. The van der Waals surface area contributed by atoms with E-state index in [9.17, 15) is 24.9 Å². The first-order chi connectivity index (χ1) is 10.3. The van der Waals surface area contributed by atoms with Crippen LogP contribution in [0.25, 0.3) is 10.8 Å². The van der Waals surface area contributed by atoms with Crippen LogP contribution in [-0.2, 0) is 4.74 Å². The highest BCUT2D eigenvalue weighted by Crippen LogP contribution is 2.49. The van der Waals surface area contributed by atoms with Gasteiger partial charge in [-0.1, -0.05) is 0 Å². The normalized spacial score (nSPS) is 10.5. The van der Waals surface area contributed by atoms with Gasteiger partial charge in [0.2, 0.25) is 11.2 Å². The molecule has 0 atom stereocenters. The Bertz CT molecular complexity index is 845. The molecule has 22 heavy (non-hydrogen) atoms. The summed E-state index contributed by atoms with van der Waals surface area (Å²) >= 11 is 3.15. The van der Waals surface area contributed by atoms with Crippen LogP contribution in [0.3, 0.4) is 0 Å². The fraction of sp³-hybridized carbons (Fsp3) is 0.143. The molecule has 0 aliphatic rings. The van der Waals surface area contributed by atoms with E-state index in [-0.39, 0.29) is 26.6 Å². The van der Waals surface area contributed by atoms with Crippen molar-refractivity contribution in [3.8, 4) is 23.0 Å². The fourth-order valence-electron chi connectivity index (χ4n) is 2.02. The summed E-state index contributed by atoms with van der Waals surface area (Å²) < 4.78 is 9.66. The molecule has 0 aliphatic heterocycles. The number of hydrogen-bond donors (Lipinski definition) is 3. The summed E-state index contributed by atoms with van der Waals surface area (Å²) in [6.45, 7) is 0. The number of rotatable bonds is 2. The van der Waals surface area contributed by atoms with Crippen molar-refractivity contribution < 1.29 is 29.6 Å². The molecule has 0 saturated carbocycles. The molecule has 8 heteroatoms. The van der Waals surface area contributed by atoms with E-state index < -0.39 is 28.6 Å². The molecule has 0 aromatic heterocycles. The number of phenols is 2. The number of benzene rings is 1. The SMILES string of the molecule is COC(=O)c1cc(=O)c(O)c2c(O)c(O)c(OC)c(Br)c2c1. The van der Waals surface area contributed by atoms with Gasteiger partial charge in [0.25, 0.3) is 0 Å². The minimum atomic E-state index is -0.915. The molecular weight excluding hydrogens is 360 g/mol. The van der Waals surface area contributed by atoms with Gasteiger partial charge in [-0.3, -0.25) is 4.79 Å². The summed E-state index contributed by atoms with van der Waals surface area (Å²) in [7, 11) is 2.40. The molecule has 0 spiro atoms. The molecule has 116 valence electrons. The van der Waals surface area contributed by atoms with E-state index in [0.29, 0.717) is 0 Å². The molecule has 0 bridgehead atoms. The largest absolute Gasteiger partial charge is 0.504 e. The average Bonchev–Trinajstić information content (AvgIpc) is 2.63. The van der Waals surface area contributed by atoms with Crippen molar-refractivity contribution in [3.63, 3.8) is 0 Å². The zero-order valence-corrected chi connectivity index (χ0v) is 13.1. The predicted octanol–water partition coefficient (Wildman–Crippen LogP) is 1.87. The van der Waals surface area contributed by atoms with Gasteiger partial charge in [-0.15, -0.1) is 0 Å². The lowest BCUT2D eigenvalue weighted by Crippen LogP contribution is -2.03. The van der Waals surface area contributed by atoms with Crippen molar-refractivity contribution in [2.75, 3.05) is 14.2 Å². The van der Waals surface area contributed by atoms with Crippen LogP contribution in [-0.4, -0.2) is 35.5 Å². The molecule has 2 aromatic rings. The van der Waals surface area contributed by atoms with Gasteiger partial charge in [0.15, 0.2) is 17.2 Å². The maximum atomic E-state index is 11.9. The number of hydrogen-bond acceptors (Lipinski definition) is 7. The number of halogens is 1. The topological polar surface area (TPSA) is 113 Å². The molecule has 0 aliphatic carbocycles. The summed E-state index contributed by atoms with van der Waals surface area (Å²) in [6.07, 6.45) is 0. The molecule has 0 saturated heterocycles. The lowest BCUT2D eigenvalue weighted by molar-refractivity contribution is 0.0601. The first-order valence-corrected chi connectivity index (χ1v) is 6.69. The van der Waals surface area contributed by atoms with Crippen LogP contribution < -0.4 is 10.2 Å². The quantitative estimate of drug-likeness (QED) is 0.546. The maximum Gasteiger partial charge on any atom is 0.338 e. The molecule has 2 rings (SSSR count). The maximum absolute atomic E-state index is 11.9. The van der Waals surface area contributed by atoms with Crippen LogP contribution in [0.1, 0.15) is 10.4 Å². The van der Waals surface area contributed by atoms with Crippen molar-refractivity contribution >= 4 is 32.7 Å². The fourth-order valence-corrected chi connectivity index (χ4v) is 2.68. The highest BCUT2D eigenvalue weighted by Gasteiger charge is 2.22. The van der Waals surface area contributed by atoms with E-state index in [1.54, 1.807) is 0 Å². The summed E-state index contributed by atoms with van der Waals surface area (Å²) in [6, 6.07) is 2.10. The Kier molecular flexibility index (Phi) is 4.14. The molecule has 0 fully saturated rings. The van der Waals surface area contributed by atoms with Crippen molar-refractivity contribution in [1.82, 2.24) is 0 Å². The van der Waals surface area contributed by atoms with Crippen LogP contribution in [0.2, 0.25) is 0 Å². The van der Waals surface area contributed by atoms with Gasteiger partial charge in [0.1, 0.15) is 0 Å². The van der Waals surface area contributed by atoms with Crippen LogP contribution in [0.4, 0.5) is 0 Å². The number of phenolic OH excluding ortho intramolecular Hbond substituents is 2. The Hall–Kier alpha value is -2.48. The van der Waals surface area contributed by atoms with E-state index in [1.165, 1.54) is 13.2 Å². The first-order valence-electron chi connectivity index (χ1n) is 5.90. The number of aromatic hydroxyl groups is 3. The van der Waals surface area contributed by atoms with Crippen LogP contribution in [0.5, 0.6) is 23.0 Å². The highest BCUT2D eigenvalue weighted by molar-refractivity contribution is 9.10. The lowest BCUT2D eigenvalue weighted by Gasteiger charge is -2.11. The molecule has 2 aromatic carbocycles. The lowest BCUT2D eigenvalue weighted by atomic mass is 10.1. The summed E-state index contributed by atoms with van der Waals surface area (Å²) in [4.78, 5) is 23.6. The predicted molar refractivity (Wildman–Crippen MR) is 80.8 cm³/mol. The number of esters is 1. The zero-order valence-electron chi connectivity index (χ0n) is 11.5. The highest BCUT2D eigenvalue weighted by atomic mass is 79.9. The summed E-state index contributed by atoms with van der Waals surface area (Å²) in [5.74, 6) is -3.12. The van der Waals surface area contributed by atoms with Gasteiger partial charge >= 0.3 is 5.97 Å². The third-order valence-electron chi connectivity index (χ3n) is 3.06. The van der Waals surface area contributed by atoms with Gasteiger partial charge in [0, 0.05) is 11.5 Å². The van der Waals surface area contributed by atoms with E-state index >= 15 is 0 Å². The van der Waals surface area contributed by atoms with Crippen molar-refractivity contribution in [1.29, 1.82) is 0 Å². The Morgan fingerprint density at radius 2 is 1.73 bits per heavy atom. The van der Waals surface area contributed by atoms with Crippen LogP contribution in [0, 0.1) is 0 Å². The molecule has 3 N–H and O–H groups in total. The third-order valence-corrected chi connectivity index (χ3v) is 3.85. The van der Waals surface area contributed by atoms with E-state index in [1.807, 2.05) is 0 Å². The van der Waals surface area contributed by atoms with Gasteiger partial charge in [0.05, 0.1) is 29.6 Å². The monoisotopic (exact) mass is 370 g/mol. The number of ether oxygens (including phenoxy) is 2. The standard InChI is InChI=1S/C14H11BrO7/c1-21-13-9(15)6-3-5(14(20)22-2)4-7(16)10(17)8(6)11(18)12(13)19/h3-4,18-19H,1-2H3,(H,16,17). The Balaban J connectivity index is 3.13. The number of methoxy groups -OCH3 is 2. The summed E-state index contributed by atoms with van der Waals surface area (Å²) in [5.41, 5.74) is -1.05. The zero-order chi connectivity index (χ0) is 16.6. The Morgan fingerprint density at radius 1 is 1.09 bits per heavy atom. The second-order valence-electron chi connectivity index (χ2n) is 4.28. The van der Waals surface area contributed by atoms with Crippen LogP contribution in [0.15, 0.2) is 21.4 Å². The Labute approximate surface area is 132 Å². The first kappa shape index (κ1) is 15.9. The number of carbonyl (C=O) groups excluding carboxylic acids is 1. The minimum Gasteiger partial charge on any atom is -0.504 e. The third kappa shape index (κ3) is 2.31. The van der Waals surface area contributed by atoms with Gasteiger partial charge in [-0.25, -0.2) is 4.79 Å². The smallest absolute Gasteiger partial charge is 0.338 e. The van der Waals surface area contributed by atoms with Gasteiger partial charge < -0.3 is 24.8 Å². The Morgan fingerprint density at radius 3 is 2.27 bits per heavy atom. The minimum absolute atomic E-state index is 0.0900. The second kappa shape index (κ2) is 5.72. The molecular formula is C14H11BrO7. The average molecular weight is 371 g/mol. The number of fused-ring (bicyclic) bond motifs is 1. The van der Waals surface area contributed by atoms with E-state index in [2.05, 4.69) is 20.7 Å². The molecule has 0 amide bonds. The van der Waals surface area contributed by atoms with E-state index in [4.69, 9.17) is 4.74 Å². The van der Waals surface area contributed by atoms with E-state index in [0.717, 1.165) is 13.2 Å². The second-order valence-corrected chi connectivity index (χ2v) is 5.07. The number of carbonyl (C=O) groups is 1.